The van der Waals surface area contributed by atoms with E-state index in [1.807, 2.05) is 76.3 Å². The number of pyridine rings is 1. The molecule has 31 nitrogen and oxygen atoms in total. The Bertz CT molecular complexity index is 4540. The fourth-order valence-corrected chi connectivity index (χ4v) is 15.2. The van der Waals surface area contributed by atoms with Gasteiger partial charge in [-0.05, 0) is 64.5 Å². The molecule has 5 heterocycles. The molecule has 1 aliphatic carbocycles. The molecule has 20 atom stereocenters. The molecule has 0 radical (unpaired) electrons. The lowest BCUT2D eigenvalue weighted by molar-refractivity contribution is -0.358. The van der Waals surface area contributed by atoms with Gasteiger partial charge >= 0.3 is 30.5 Å². The molecule has 32 heteroatoms. The van der Waals surface area contributed by atoms with Crippen LogP contribution in [0.4, 0.5) is 29.7 Å². The topological polar surface area (TPSA) is 390 Å². The number of anilines is 1. The number of aromatic nitrogens is 1. The Kier molecular flexibility index (Phi) is 29.9. The average Bonchev–Trinajstić information content (AvgIpc) is 0.919. The van der Waals surface area contributed by atoms with Gasteiger partial charge in [0.05, 0.1) is 49.3 Å². The summed E-state index contributed by atoms with van der Waals surface area (Å²) in [6.07, 6.45) is -29.3. The molecule has 1 saturated carbocycles. The molecule has 7 aromatic carbocycles. The first-order chi connectivity index (χ1) is 57.6. The van der Waals surface area contributed by atoms with Gasteiger partial charge in [0, 0.05) is 24.0 Å². The Morgan fingerprint density at radius 2 is 0.941 bits per heavy atom. The standard InChI is InChI=1S/C87H103N7O24Si/c1-87(2,3)119(4,5)111-52-66-75(117-79-67(93-85(102)109-49-56-32-18-9-19-33-56)71(97)70(96)64(112-79)45-90-82(99)106-46-53-26-12-6-13-27-53)77(104-41-40-88-60-42-59-38-24-25-39-61(59)89-44-60)81(114-66)118-76-69(95)62(91-83(100)107-47-54-28-14-7-15-29-54)43-63(92-84(101)108-48-55-30-16-8-17-31-55)73(76)115-80-68(94-86(103)110-50-57-34-20-10-21-35-57)72(98)74-65(113-80)51-105-78(116-74)58-36-22-11-23-37-58/h6-39,42,44,62-81,88,95-98H,40-41,43,45-52H2,1-5H3,(H,90,99)(H,91,100)(H,92,101)(H,93,102)(H,94,103)/t62-,63+,64+,65-,66-,67-,68-,69+,70-,71-,72-,73-,74-,75-,76-,77-,78?,79-,80-,81+/m1/s1. The number of benzene rings is 7. The van der Waals surface area contributed by atoms with Crippen LogP contribution in [0.2, 0.25) is 18.1 Å². The van der Waals surface area contributed by atoms with Crippen LogP contribution in [0.15, 0.2) is 219 Å². The number of aliphatic hydroxyl groups excluding tert-OH is 4. The largest absolute Gasteiger partial charge is 0.445 e. The van der Waals surface area contributed by atoms with E-state index < -0.39 is 173 Å². The number of hydrogen-bond donors (Lipinski definition) is 10. The molecule has 0 spiro atoms. The van der Waals surface area contributed by atoms with E-state index >= 15 is 0 Å². The zero-order valence-electron chi connectivity index (χ0n) is 66.5. The summed E-state index contributed by atoms with van der Waals surface area (Å²) in [6.45, 7) is 8.07. The molecule has 5 amide bonds. The molecular formula is C87H103N7O24Si. The zero-order valence-corrected chi connectivity index (χ0v) is 67.5. The second-order valence-corrected chi connectivity index (χ2v) is 35.9. The van der Waals surface area contributed by atoms with Gasteiger partial charge in [0.15, 0.2) is 33.5 Å². The Balaban J connectivity index is 0.895. The van der Waals surface area contributed by atoms with E-state index in [4.69, 9.17) is 70.7 Å². The van der Waals surface area contributed by atoms with E-state index in [0.29, 0.717) is 39.1 Å². The predicted octanol–water partition coefficient (Wildman–Crippen LogP) is 9.45. The first kappa shape index (κ1) is 86.6. The fourth-order valence-electron chi connectivity index (χ4n) is 14.2. The van der Waals surface area contributed by atoms with Crippen molar-refractivity contribution in [2.45, 2.75) is 201 Å². The van der Waals surface area contributed by atoms with Crippen LogP contribution >= 0.6 is 0 Å². The molecule has 1 aromatic heterocycles. The van der Waals surface area contributed by atoms with Gasteiger partial charge in [-0.25, -0.2) is 24.0 Å². The molecule has 10 N–H and O–H groups in total. The summed E-state index contributed by atoms with van der Waals surface area (Å²) in [5.74, 6) is 0. The zero-order chi connectivity index (χ0) is 83.4. The highest BCUT2D eigenvalue weighted by molar-refractivity contribution is 6.74. The number of ether oxygens (including phenoxy) is 14. The van der Waals surface area contributed by atoms with Crippen molar-refractivity contribution in [1.82, 2.24) is 31.6 Å². The lowest BCUT2D eigenvalue weighted by atomic mass is 9.83. The minimum absolute atomic E-state index is 0.0641. The minimum Gasteiger partial charge on any atom is -0.445 e. The summed E-state index contributed by atoms with van der Waals surface area (Å²) < 4.78 is 97.9. The number of nitrogens with one attached hydrogen (secondary N) is 6. The number of para-hydroxylation sites is 1. The van der Waals surface area contributed by atoms with Crippen molar-refractivity contribution in [3.63, 3.8) is 0 Å². The van der Waals surface area contributed by atoms with Gasteiger partial charge in [-0.15, -0.1) is 0 Å². The molecule has 5 fully saturated rings. The van der Waals surface area contributed by atoms with Crippen LogP contribution < -0.4 is 31.9 Å². The van der Waals surface area contributed by atoms with Crippen molar-refractivity contribution < 1.29 is 115 Å². The predicted molar refractivity (Wildman–Crippen MR) is 431 cm³/mol. The third-order valence-corrected chi connectivity index (χ3v) is 26.2. The van der Waals surface area contributed by atoms with Crippen LogP contribution in [0.25, 0.3) is 10.9 Å². The summed E-state index contributed by atoms with van der Waals surface area (Å²) in [7, 11) is -2.84. The van der Waals surface area contributed by atoms with E-state index in [1.54, 1.807) is 176 Å². The Morgan fingerprint density at radius 3 is 1.49 bits per heavy atom. The SMILES string of the molecule is CC(C)(C)[Si](C)(C)OC[C@H]1O[C@@H](O[C@@H]2[C@@H](O)[C@H](NC(=O)OCc3ccccc3)C[C@H](NC(=O)OCc3ccccc3)[C@H]2O[C@H]2O[C@@H]3COC(c4ccccc4)O[C@H]3[C@H](O)[C@H]2NC(=O)OCc2ccccc2)[C@H](OCCNc2cnc3ccccc3c2)[C@@H]1O[C@H]1O[C@@H](CNC(=O)OCc2ccccc2)[C@@H](O)[C@H](O)[C@H]1NC(=O)OCc1ccccc1. The van der Waals surface area contributed by atoms with Gasteiger partial charge in [0.1, 0.15) is 118 Å². The molecule has 0 bridgehead atoms. The number of aliphatic hydroxyl groups is 4. The van der Waals surface area contributed by atoms with Gasteiger partial charge < -0.3 is 123 Å². The quantitative estimate of drug-likeness (QED) is 0.0110. The summed E-state index contributed by atoms with van der Waals surface area (Å²) in [6, 6.07) is 56.6. The van der Waals surface area contributed by atoms with Gasteiger partial charge in [-0.2, -0.15) is 0 Å². The highest BCUT2D eigenvalue weighted by atomic mass is 28.4. The molecule has 4 aliphatic heterocycles. The maximum Gasteiger partial charge on any atom is 0.407 e. The van der Waals surface area contributed by atoms with E-state index in [-0.39, 0.29) is 65.8 Å². The fraction of sp³-hybridized carbons (Fsp3) is 0.425. The van der Waals surface area contributed by atoms with Crippen molar-refractivity contribution in [2.75, 3.05) is 38.2 Å². The number of nitrogens with zero attached hydrogens (tertiary/aromatic N) is 1. The van der Waals surface area contributed by atoms with E-state index in [2.05, 4.69) is 36.9 Å². The minimum atomic E-state index is -2.84. The van der Waals surface area contributed by atoms with E-state index in [9.17, 15) is 44.4 Å². The number of amides is 5. The van der Waals surface area contributed by atoms with Crippen molar-refractivity contribution in [1.29, 1.82) is 0 Å². The van der Waals surface area contributed by atoms with E-state index in [0.717, 1.165) is 10.9 Å². The van der Waals surface area contributed by atoms with Gasteiger partial charge in [0.25, 0.3) is 0 Å². The summed E-state index contributed by atoms with van der Waals surface area (Å²) in [4.78, 5) is 75.8. The lowest BCUT2D eigenvalue weighted by Crippen LogP contribution is -2.71. The van der Waals surface area contributed by atoms with Crippen molar-refractivity contribution in [3.05, 3.63) is 252 Å². The van der Waals surface area contributed by atoms with Crippen LogP contribution in [0.5, 0.6) is 0 Å². The molecule has 634 valence electrons. The Hall–Kier alpha value is -10.2. The molecule has 13 rings (SSSR count). The third kappa shape index (κ3) is 23.4. The molecule has 5 aliphatic rings. The normalized spacial score (nSPS) is 27.4. The second kappa shape index (κ2) is 41.1. The Morgan fingerprint density at radius 1 is 0.479 bits per heavy atom. The lowest BCUT2D eigenvalue weighted by Gasteiger charge is -2.51. The van der Waals surface area contributed by atoms with Crippen LogP contribution in [0.1, 0.15) is 66.9 Å². The number of rotatable bonds is 31. The van der Waals surface area contributed by atoms with Crippen LogP contribution in [-0.2, 0) is 104 Å². The highest BCUT2D eigenvalue weighted by Gasteiger charge is 2.59. The molecular weight excluding hydrogens is 1560 g/mol. The molecule has 119 heavy (non-hydrogen) atoms. The van der Waals surface area contributed by atoms with Crippen molar-refractivity contribution in [3.8, 4) is 0 Å². The third-order valence-electron chi connectivity index (χ3n) is 21.7. The van der Waals surface area contributed by atoms with Gasteiger partial charge in [0.2, 0.25) is 0 Å². The monoisotopic (exact) mass is 1660 g/mol. The van der Waals surface area contributed by atoms with Crippen molar-refractivity contribution in [2.24, 2.45) is 0 Å². The van der Waals surface area contributed by atoms with E-state index in [1.165, 1.54) is 0 Å². The second-order valence-electron chi connectivity index (χ2n) is 31.1. The summed E-state index contributed by atoms with van der Waals surface area (Å²) in [5.41, 5.74) is 5.17. The number of fused-ring (bicyclic) bond motifs is 2. The summed E-state index contributed by atoms with van der Waals surface area (Å²) >= 11 is 0. The molecule has 4 saturated heterocycles. The maximum absolute atomic E-state index is 14.7. The Labute approximate surface area is 689 Å². The maximum atomic E-state index is 14.7. The molecule has 1 unspecified atom stereocenters. The number of hydrogen-bond acceptors (Lipinski definition) is 26. The van der Waals surface area contributed by atoms with Crippen LogP contribution in [0.3, 0.4) is 0 Å². The number of alkyl carbamates (subject to hydrolysis) is 5. The number of carbonyl (C=O) groups excluding carboxylic acids is 5. The van der Waals surface area contributed by atoms with Crippen LogP contribution in [-0.4, -0.2) is 213 Å². The average molecular weight is 1660 g/mol. The van der Waals surface area contributed by atoms with Crippen molar-refractivity contribution >= 4 is 55.4 Å². The summed E-state index contributed by atoms with van der Waals surface area (Å²) in [5, 5.41) is 68.5. The van der Waals surface area contributed by atoms with Gasteiger partial charge in [-0.1, -0.05) is 221 Å². The highest BCUT2D eigenvalue weighted by Crippen LogP contribution is 2.42. The smallest absolute Gasteiger partial charge is 0.407 e. The number of carbonyl (C=O) groups is 5. The van der Waals surface area contributed by atoms with Crippen LogP contribution in [0, 0.1) is 0 Å². The first-order valence-corrected chi connectivity index (χ1v) is 42.6. The van der Waals surface area contributed by atoms with Gasteiger partial charge in [-0.3, -0.25) is 4.98 Å². The molecule has 8 aromatic rings. The first-order valence-electron chi connectivity index (χ1n) is 39.7.